The molecule has 1 heterocycles. The first-order valence-electron chi connectivity index (χ1n) is 8.76. The predicted molar refractivity (Wildman–Crippen MR) is 105 cm³/mol. The summed E-state index contributed by atoms with van der Waals surface area (Å²) >= 11 is 0. The molecule has 0 spiro atoms. The average Bonchev–Trinajstić information content (AvgIpc) is 2.73. The van der Waals surface area contributed by atoms with Gasteiger partial charge in [-0.15, -0.1) is 0 Å². The number of hydrogen-bond acceptors (Lipinski definition) is 7. The molecule has 2 aromatic rings. The second-order valence-corrected chi connectivity index (χ2v) is 7.99. The van der Waals surface area contributed by atoms with E-state index in [0.717, 1.165) is 0 Å². The maximum absolute atomic E-state index is 12.7. The molecule has 3 rings (SSSR count). The Morgan fingerprint density at radius 2 is 1.69 bits per heavy atom. The van der Waals surface area contributed by atoms with Gasteiger partial charge in [-0.05, 0) is 30.3 Å². The van der Waals surface area contributed by atoms with Crippen molar-refractivity contribution in [1.82, 2.24) is 9.79 Å². The summed E-state index contributed by atoms with van der Waals surface area (Å²) in [4.78, 5) is 33.4. The van der Waals surface area contributed by atoms with E-state index in [-0.39, 0.29) is 16.5 Å². The Kier molecular flexibility index (Phi) is 6.11. The summed E-state index contributed by atoms with van der Waals surface area (Å²) in [7, 11) is -2.59. The van der Waals surface area contributed by atoms with Gasteiger partial charge in [-0.25, -0.2) is 8.42 Å². The fraction of sp³-hybridized carbons (Fsp3) is 0.278. The lowest BCUT2D eigenvalue weighted by Gasteiger charge is -2.35. The lowest BCUT2D eigenvalue weighted by molar-refractivity contribution is -0.384. The topological polar surface area (TPSA) is 122 Å². The number of nitrogens with one attached hydrogen (secondary N) is 1. The number of carbonyl (C=O) groups is 1. The number of nitro benzene ring substituents is 1. The normalized spacial score (nSPS) is 14.7. The summed E-state index contributed by atoms with van der Waals surface area (Å²) < 4.78 is 23.8. The smallest absolute Gasteiger partial charge is 0.292 e. The van der Waals surface area contributed by atoms with Gasteiger partial charge >= 0.3 is 0 Å². The van der Waals surface area contributed by atoms with E-state index in [4.69, 9.17) is 0 Å². The third-order valence-corrected chi connectivity index (χ3v) is 5.87. The van der Waals surface area contributed by atoms with Crippen molar-refractivity contribution >= 4 is 27.3 Å². The molecule has 1 amide bonds. The molecule has 0 atom stereocenters. The largest absolute Gasteiger partial charge is 0.362 e. The van der Waals surface area contributed by atoms with E-state index < -0.39 is 14.9 Å². The average molecular weight is 420 g/mol. The number of para-hydroxylation sites is 2. The highest BCUT2D eigenvalue weighted by Gasteiger charge is 2.26. The Balaban J connectivity index is 1.67. The van der Waals surface area contributed by atoms with Crippen molar-refractivity contribution in [3.63, 3.8) is 0 Å². The van der Waals surface area contributed by atoms with E-state index in [2.05, 4.69) is 4.84 Å². The molecule has 0 aliphatic carbocycles. The summed E-state index contributed by atoms with van der Waals surface area (Å²) in [5, 5.41) is 11.2. The minimum atomic E-state index is -3.79. The highest BCUT2D eigenvalue weighted by atomic mass is 32.2. The van der Waals surface area contributed by atoms with Crippen molar-refractivity contribution in [3.05, 3.63) is 64.2 Å². The van der Waals surface area contributed by atoms with Gasteiger partial charge in [-0.1, -0.05) is 17.0 Å². The van der Waals surface area contributed by atoms with Gasteiger partial charge in [0.25, 0.3) is 21.6 Å². The van der Waals surface area contributed by atoms with Gasteiger partial charge in [0.05, 0.1) is 16.9 Å². The van der Waals surface area contributed by atoms with Crippen LogP contribution < -0.4 is 9.79 Å². The molecule has 0 radical (unpaired) electrons. The van der Waals surface area contributed by atoms with Gasteiger partial charge in [0, 0.05) is 37.8 Å². The first-order chi connectivity index (χ1) is 13.8. The number of rotatable bonds is 6. The number of anilines is 1. The second kappa shape index (κ2) is 8.55. The molecule has 0 saturated carbocycles. The van der Waals surface area contributed by atoms with Gasteiger partial charge in [-0.3, -0.25) is 19.7 Å². The van der Waals surface area contributed by atoms with Crippen LogP contribution in [0.2, 0.25) is 0 Å². The number of nitrogens with zero attached hydrogens (tertiary/aromatic N) is 3. The molecule has 1 saturated heterocycles. The molecular formula is C18H20N4O6S. The van der Waals surface area contributed by atoms with Gasteiger partial charge in [0.2, 0.25) is 0 Å². The van der Waals surface area contributed by atoms with Gasteiger partial charge in [0.1, 0.15) is 5.69 Å². The van der Waals surface area contributed by atoms with E-state index in [9.17, 15) is 23.3 Å². The zero-order valence-corrected chi connectivity index (χ0v) is 16.5. The van der Waals surface area contributed by atoms with Crippen molar-refractivity contribution in [2.75, 3.05) is 38.2 Å². The Labute approximate surface area is 167 Å². The third kappa shape index (κ3) is 4.53. The molecule has 1 aliphatic rings. The number of piperazine rings is 1. The molecule has 29 heavy (non-hydrogen) atoms. The number of carbonyl (C=O) groups excluding carboxylic acids is 1. The van der Waals surface area contributed by atoms with E-state index in [1.807, 2.05) is 9.79 Å². The van der Waals surface area contributed by atoms with Crippen LogP contribution in [0.1, 0.15) is 10.4 Å². The summed E-state index contributed by atoms with van der Waals surface area (Å²) in [6, 6.07) is 12.1. The fourth-order valence-electron chi connectivity index (χ4n) is 3.15. The van der Waals surface area contributed by atoms with Crippen LogP contribution in [0.25, 0.3) is 0 Å². The van der Waals surface area contributed by atoms with Crippen molar-refractivity contribution in [3.8, 4) is 0 Å². The van der Waals surface area contributed by atoms with Crippen LogP contribution in [0.5, 0.6) is 0 Å². The molecule has 154 valence electrons. The van der Waals surface area contributed by atoms with E-state index >= 15 is 0 Å². The molecule has 1 aliphatic heterocycles. The monoisotopic (exact) mass is 420 g/mol. The van der Waals surface area contributed by atoms with Crippen LogP contribution in [0.3, 0.4) is 0 Å². The van der Waals surface area contributed by atoms with Crippen LogP contribution in [0.15, 0.2) is 53.4 Å². The summed E-state index contributed by atoms with van der Waals surface area (Å²) in [6.45, 7) is 1.72. The van der Waals surface area contributed by atoms with Crippen LogP contribution in [0, 0.1) is 10.1 Å². The summed E-state index contributed by atoms with van der Waals surface area (Å²) in [6.07, 6.45) is 0. The molecule has 11 heteroatoms. The van der Waals surface area contributed by atoms with Crippen LogP contribution in [-0.2, 0) is 14.9 Å². The van der Waals surface area contributed by atoms with E-state index in [1.54, 1.807) is 23.1 Å². The number of amides is 1. The van der Waals surface area contributed by atoms with Crippen LogP contribution in [0.4, 0.5) is 11.4 Å². The molecule has 10 nitrogen and oxygen atoms in total. The van der Waals surface area contributed by atoms with Crippen LogP contribution in [-0.4, -0.2) is 57.4 Å². The number of nitro groups is 1. The standard InChI is InChI=1S/C18H20N4O6S/c1-28-19-29(26,27)15-8-6-14(7-9-15)18(23)21-12-10-20(11-13-21)16-4-2-3-5-17(16)22(24)25/h2-9,19H,10-13H2,1H3. The van der Waals surface area contributed by atoms with Crippen molar-refractivity contribution in [1.29, 1.82) is 0 Å². The molecule has 1 fully saturated rings. The molecule has 0 bridgehead atoms. The summed E-state index contributed by atoms with van der Waals surface area (Å²) in [5.74, 6) is -0.226. The molecular weight excluding hydrogens is 400 g/mol. The number of hydrogen-bond donors (Lipinski definition) is 1. The lowest BCUT2D eigenvalue weighted by atomic mass is 10.1. The van der Waals surface area contributed by atoms with Crippen molar-refractivity contribution in [2.24, 2.45) is 0 Å². The predicted octanol–water partition coefficient (Wildman–Crippen LogP) is 1.40. The minimum absolute atomic E-state index is 0.0166. The molecule has 0 unspecified atom stereocenters. The van der Waals surface area contributed by atoms with Gasteiger partial charge in [0.15, 0.2) is 0 Å². The van der Waals surface area contributed by atoms with E-state index in [1.165, 1.54) is 37.4 Å². The second-order valence-electron chi connectivity index (χ2n) is 6.34. The third-order valence-electron chi connectivity index (χ3n) is 4.59. The van der Waals surface area contributed by atoms with Gasteiger partial charge in [-0.2, -0.15) is 0 Å². The fourth-order valence-corrected chi connectivity index (χ4v) is 3.96. The zero-order valence-electron chi connectivity index (χ0n) is 15.6. The Hall–Kier alpha value is -3.02. The highest BCUT2D eigenvalue weighted by Crippen LogP contribution is 2.28. The van der Waals surface area contributed by atoms with Crippen molar-refractivity contribution < 1.29 is 23.0 Å². The number of benzene rings is 2. The Morgan fingerprint density at radius 1 is 1.07 bits per heavy atom. The summed E-state index contributed by atoms with van der Waals surface area (Å²) in [5.41, 5.74) is 0.930. The quantitative estimate of drug-likeness (QED) is 0.554. The Morgan fingerprint density at radius 3 is 2.28 bits per heavy atom. The SMILES string of the molecule is CONS(=O)(=O)c1ccc(C(=O)N2CCN(c3ccccc3[N+](=O)[O-])CC2)cc1. The molecule has 1 N–H and O–H groups in total. The molecule has 2 aromatic carbocycles. The molecule has 0 aromatic heterocycles. The van der Waals surface area contributed by atoms with Crippen LogP contribution >= 0.6 is 0 Å². The zero-order chi connectivity index (χ0) is 21.0. The number of sulfonamides is 1. The maximum atomic E-state index is 12.7. The van der Waals surface area contributed by atoms with Crippen molar-refractivity contribution in [2.45, 2.75) is 4.90 Å². The minimum Gasteiger partial charge on any atom is -0.362 e. The lowest BCUT2D eigenvalue weighted by Crippen LogP contribution is -2.49. The highest BCUT2D eigenvalue weighted by molar-refractivity contribution is 7.89. The Bertz CT molecular complexity index is 1000. The first-order valence-corrected chi connectivity index (χ1v) is 10.2. The van der Waals surface area contributed by atoms with E-state index in [0.29, 0.717) is 37.4 Å². The van der Waals surface area contributed by atoms with Gasteiger partial charge < -0.3 is 9.80 Å². The maximum Gasteiger partial charge on any atom is 0.292 e. The first kappa shape index (κ1) is 20.7.